The van der Waals surface area contributed by atoms with E-state index in [4.69, 9.17) is 5.73 Å². The van der Waals surface area contributed by atoms with Crippen molar-refractivity contribution in [3.8, 4) is 0 Å². The van der Waals surface area contributed by atoms with Crippen LogP contribution in [0.4, 0.5) is 5.82 Å². The lowest BCUT2D eigenvalue weighted by Crippen LogP contribution is -2.37. The van der Waals surface area contributed by atoms with Crippen LogP contribution < -0.4 is 5.73 Å². The molecule has 1 atom stereocenters. The molecular formula is C17H20N10. The van der Waals surface area contributed by atoms with Gasteiger partial charge in [-0.1, -0.05) is 0 Å². The molecule has 5 rings (SSSR count). The van der Waals surface area contributed by atoms with Crippen LogP contribution in [-0.4, -0.2) is 67.9 Å². The molecule has 6 bridgehead atoms. The molecule has 0 unspecified atom stereocenters. The van der Waals surface area contributed by atoms with Gasteiger partial charge in [-0.25, -0.2) is 24.9 Å². The van der Waals surface area contributed by atoms with Crippen LogP contribution in [0.25, 0.3) is 11.2 Å². The summed E-state index contributed by atoms with van der Waals surface area (Å²) in [6.45, 7) is 2.32. The molecule has 0 saturated heterocycles. The van der Waals surface area contributed by atoms with Crippen molar-refractivity contribution >= 4 is 41.3 Å². The van der Waals surface area contributed by atoms with E-state index in [1.165, 1.54) is 0 Å². The van der Waals surface area contributed by atoms with Gasteiger partial charge in [0.1, 0.15) is 23.5 Å². The number of rotatable bonds is 0. The van der Waals surface area contributed by atoms with Gasteiger partial charge in [0, 0.05) is 26.1 Å². The fourth-order valence-corrected chi connectivity index (χ4v) is 3.56. The number of aromatic nitrogens is 4. The normalized spacial score (nSPS) is 22.4. The van der Waals surface area contributed by atoms with Gasteiger partial charge in [-0.2, -0.15) is 0 Å². The van der Waals surface area contributed by atoms with Gasteiger partial charge in [-0.3, -0.25) is 9.98 Å². The second-order valence-corrected chi connectivity index (χ2v) is 6.78. The number of hydrogen-bond donors (Lipinski definition) is 1. The molecule has 10 heteroatoms. The zero-order valence-corrected chi connectivity index (χ0v) is 14.9. The van der Waals surface area contributed by atoms with Crippen molar-refractivity contribution in [2.75, 3.05) is 18.8 Å². The molecule has 0 radical (unpaired) electrons. The highest BCUT2D eigenvalue weighted by molar-refractivity contribution is 6.21. The van der Waals surface area contributed by atoms with Crippen LogP contribution in [-0.2, 0) is 13.0 Å². The van der Waals surface area contributed by atoms with Crippen LogP contribution >= 0.6 is 0 Å². The van der Waals surface area contributed by atoms with Gasteiger partial charge < -0.3 is 15.2 Å². The van der Waals surface area contributed by atoms with Crippen LogP contribution in [0.1, 0.15) is 25.1 Å². The number of aryl methyl sites for hydroxylation is 2. The molecule has 0 fully saturated rings. The third kappa shape index (κ3) is 2.86. The quantitative estimate of drug-likeness (QED) is 0.737. The van der Waals surface area contributed by atoms with Crippen molar-refractivity contribution < 1.29 is 0 Å². The van der Waals surface area contributed by atoms with Crippen molar-refractivity contribution in [3.05, 3.63) is 12.2 Å². The Balaban J connectivity index is 1.46. The van der Waals surface area contributed by atoms with E-state index in [1.807, 2.05) is 6.34 Å². The zero-order chi connectivity index (χ0) is 18.2. The Morgan fingerprint density at radius 1 is 1.11 bits per heavy atom. The summed E-state index contributed by atoms with van der Waals surface area (Å²) in [5.41, 5.74) is 7.57. The second kappa shape index (κ2) is 6.53. The van der Waals surface area contributed by atoms with Crippen LogP contribution in [0.3, 0.4) is 0 Å². The molecular weight excluding hydrogens is 344 g/mol. The van der Waals surface area contributed by atoms with E-state index in [0.717, 1.165) is 55.5 Å². The van der Waals surface area contributed by atoms with Crippen LogP contribution in [0, 0.1) is 0 Å². The first kappa shape index (κ1) is 16.0. The molecule has 5 heterocycles. The maximum Gasteiger partial charge on any atom is 0.169 e. The lowest BCUT2D eigenvalue weighted by molar-refractivity contribution is 0.537. The molecule has 10 nitrogen and oxygen atoms in total. The van der Waals surface area contributed by atoms with E-state index in [9.17, 15) is 0 Å². The number of aliphatic imine (C=N–C) groups is 4. The Morgan fingerprint density at radius 3 is 3.00 bits per heavy atom. The third-order valence-electron chi connectivity index (χ3n) is 4.94. The summed E-state index contributed by atoms with van der Waals surface area (Å²) in [6.07, 6.45) is 8.73. The Labute approximate surface area is 155 Å². The number of imidazole rings is 1. The summed E-state index contributed by atoms with van der Waals surface area (Å²) in [4.78, 5) is 33.5. The predicted octanol–water partition coefficient (Wildman–Crippen LogP) is 0.686. The second-order valence-electron chi connectivity index (χ2n) is 6.78. The van der Waals surface area contributed by atoms with E-state index in [2.05, 4.69) is 44.4 Å². The zero-order valence-electron chi connectivity index (χ0n) is 14.9. The maximum absolute atomic E-state index is 6.09. The highest BCUT2D eigenvalue weighted by atomic mass is 15.3. The van der Waals surface area contributed by atoms with Crippen molar-refractivity contribution in [2.45, 2.75) is 38.3 Å². The molecule has 3 aliphatic rings. The summed E-state index contributed by atoms with van der Waals surface area (Å²) in [5.74, 6) is 2.81. The van der Waals surface area contributed by atoms with Gasteiger partial charge in [0.15, 0.2) is 23.3 Å². The minimum absolute atomic E-state index is 0.175. The Kier molecular flexibility index (Phi) is 3.88. The number of nitrogen functional groups attached to an aromatic ring is 1. The fourth-order valence-electron chi connectivity index (χ4n) is 3.56. The molecule has 0 saturated carbocycles. The molecule has 2 aromatic heterocycles. The highest BCUT2D eigenvalue weighted by Gasteiger charge is 2.31. The lowest BCUT2D eigenvalue weighted by atomic mass is 10.2. The topological polar surface area (TPSA) is 122 Å². The summed E-state index contributed by atoms with van der Waals surface area (Å²) >= 11 is 0. The fraction of sp³-hybridized carbons (Fsp3) is 0.471. The Bertz CT molecular complexity index is 999. The predicted molar refractivity (Wildman–Crippen MR) is 105 cm³/mol. The van der Waals surface area contributed by atoms with E-state index >= 15 is 0 Å². The molecule has 0 aliphatic carbocycles. The molecule has 3 aliphatic heterocycles. The van der Waals surface area contributed by atoms with Gasteiger partial charge in [0.2, 0.25) is 0 Å². The van der Waals surface area contributed by atoms with E-state index in [-0.39, 0.29) is 6.04 Å². The standard InChI is InChI=1S/C17H20N10/c18-14-12-17-25-11(24-14)4-3-5-19-15-13-16(21-8-20-15)26(10-23-13)6-1-2-7-27(17)9-22-12/h8-10,13H,1-7H2,(H2,18,24,25)/t13-/m1/s1. The van der Waals surface area contributed by atoms with E-state index in [0.29, 0.717) is 24.3 Å². The molecule has 27 heavy (non-hydrogen) atoms. The summed E-state index contributed by atoms with van der Waals surface area (Å²) in [6, 6.07) is -0.175. The third-order valence-corrected chi connectivity index (χ3v) is 4.94. The SMILES string of the molecule is Nc1nc2nc3c1ncn3CCCCN1C=N[C@@H]3C(=NCCC2)N=CN=C31. The van der Waals surface area contributed by atoms with E-state index < -0.39 is 0 Å². The first-order chi connectivity index (χ1) is 13.3. The average Bonchev–Trinajstić information content (AvgIpc) is 3.27. The first-order valence-electron chi connectivity index (χ1n) is 9.21. The lowest BCUT2D eigenvalue weighted by Gasteiger charge is -2.20. The molecule has 0 amide bonds. The van der Waals surface area contributed by atoms with E-state index in [1.54, 1.807) is 12.7 Å². The smallest absolute Gasteiger partial charge is 0.169 e. The number of nitrogens with two attached hydrogens (primary N) is 1. The van der Waals surface area contributed by atoms with Crippen LogP contribution in [0.15, 0.2) is 26.3 Å². The van der Waals surface area contributed by atoms with Crippen molar-refractivity contribution in [1.29, 1.82) is 0 Å². The minimum atomic E-state index is -0.175. The molecule has 0 spiro atoms. The maximum atomic E-state index is 6.09. The van der Waals surface area contributed by atoms with Gasteiger partial charge >= 0.3 is 0 Å². The van der Waals surface area contributed by atoms with Crippen LogP contribution in [0.5, 0.6) is 0 Å². The highest BCUT2D eigenvalue weighted by Crippen LogP contribution is 2.19. The van der Waals surface area contributed by atoms with Gasteiger partial charge in [-0.05, 0) is 19.3 Å². The largest absolute Gasteiger partial charge is 0.382 e. The molecule has 2 N–H and O–H groups in total. The molecule has 2 aromatic rings. The van der Waals surface area contributed by atoms with Crippen molar-refractivity contribution in [2.24, 2.45) is 20.0 Å². The molecule has 0 aromatic carbocycles. The minimum Gasteiger partial charge on any atom is -0.382 e. The van der Waals surface area contributed by atoms with Crippen molar-refractivity contribution in [1.82, 2.24) is 24.4 Å². The summed E-state index contributed by atoms with van der Waals surface area (Å²) in [7, 11) is 0. The number of amidine groups is 2. The summed E-state index contributed by atoms with van der Waals surface area (Å²) < 4.78 is 2.06. The monoisotopic (exact) mass is 364 g/mol. The number of anilines is 1. The average molecular weight is 364 g/mol. The number of nitrogens with zero attached hydrogens (tertiary/aromatic N) is 9. The molecule has 138 valence electrons. The Morgan fingerprint density at radius 2 is 2.04 bits per heavy atom. The van der Waals surface area contributed by atoms with Gasteiger partial charge in [-0.15, -0.1) is 0 Å². The van der Waals surface area contributed by atoms with Crippen LogP contribution in [0.2, 0.25) is 0 Å². The first-order valence-corrected chi connectivity index (χ1v) is 9.21. The number of hydrogen-bond acceptors (Lipinski definition) is 9. The van der Waals surface area contributed by atoms with Gasteiger partial charge in [0.25, 0.3) is 0 Å². The van der Waals surface area contributed by atoms with Gasteiger partial charge in [0.05, 0.1) is 12.7 Å². The number of fused-ring (bicyclic) bond motifs is 1. The Hall–Kier alpha value is -3.17. The van der Waals surface area contributed by atoms with Crippen molar-refractivity contribution in [3.63, 3.8) is 0 Å². The summed E-state index contributed by atoms with van der Waals surface area (Å²) in [5, 5.41) is 0.